The highest BCUT2D eigenvalue weighted by Crippen LogP contribution is 2.40. The van der Waals surface area contributed by atoms with Crippen molar-refractivity contribution < 1.29 is 14.3 Å². The van der Waals surface area contributed by atoms with Crippen LogP contribution in [-0.2, 0) is 17.6 Å². The summed E-state index contributed by atoms with van der Waals surface area (Å²) < 4.78 is 5.77. The van der Waals surface area contributed by atoms with E-state index < -0.39 is 0 Å². The second-order valence-electron chi connectivity index (χ2n) is 7.19. The molecule has 0 saturated heterocycles. The molecule has 0 aromatic heterocycles. The largest absolute Gasteiger partial charge is 0.483 e. The number of benzene rings is 2. The molecule has 27 heavy (non-hydrogen) atoms. The van der Waals surface area contributed by atoms with Gasteiger partial charge in [-0.05, 0) is 54.0 Å². The summed E-state index contributed by atoms with van der Waals surface area (Å²) in [6.07, 6.45) is 2.21. The Hall–Kier alpha value is -2.62. The molecule has 0 unspecified atom stereocenters. The van der Waals surface area contributed by atoms with Crippen LogP contribution in [0.3, 0.4) is 0 Å². The monoisotopic (exact) mass is 365 g/mol. The fraction of sp³-hybridized carbons (Fsp3) is 0.391. The summed E-state index contributed by atoms with van der Waals surface area (Å²) in [5.74, 6) is 0.604. The summed E-state index contributed by atoms with van der Waals surface area (Å²) >= 11 is 0. The lowest BCUT2D eigenvalue weighted by Gasteiger charge is -2.16. The molecule has 4 heteroatoms. The number of fused-ring (bicyclic) bond motifs is 1. The van der Waals surface area contributed by atoms with Crippen molar-refractivity contribution in [3.05, 3.63) is 58.1 Å². The fourth-order valence-electron chi connectivity index (χ4n) is 3.95. The standard InChI is InChI=1S/C23H27NO3/c1-5-16-8-7-9-17(6-2)23(16)24-20(26)13-27-19-11-10-14(3)21-15(4)12-18(25)22(19)21/h7-11,15H,5-6,12-13H2,1-4H3,(H,24,26)/t15-/m0/s1. The number of para-hydroxylation sites is 1. The van der Waals surface area contributed by atoms with E-state index in [2.05, 4.69) is 26.1 Å². The minimum atomic E-state index is -0.210. The molecular weight excluding hydrogens is 338 g/mol. The van der Waals surface area contributed by atoms with Crippen LogP contribution in [0.2, 0.25) is 0 Å². The molecule has 0 spiro atoms. The quantitative estimate of drug-likeness (QED) is 0.798. The molecule has 2 aromatic rings. The van der Waals surface area contributed by atoms with Gasteiger partial charge < -0.3 is 10.1 Å². The van der Waals surface area contributed by atoms with Gasteiger partial charge in [0, 0.05) is 12.1 Å². The van der Waals surface area contributed by atoms with E-state index in [1.807, 2.05) is 31.2 Å². The minimum Gasteiger partial charge on any atom is -0.483 e. The second kappa shape index (κ2) is 7.95. The van der Waals surface area contributed by atoms with Gasteiger partial charge in [-0.15, -0.1) is 0 Å². The number of hydrogen-bond acceptors (Lipinski definition) is 3. The van der Waals surface area contributed by atoms with E-state index in [0.29, 0.717) is 17.7 Å². The summed E-state index contributed by atoms with van der Waals surface area (Å²) in [7, 11) is 0. The Labute approximate surface area is 160 Å². The van der Waals surface area contributed by atoms with Crippen LogP contribution >= 0.6 is 0 Å². The average molecular weight is 365 g/mol. The Balaban J connectivity index is 1.76. The van der Waals surface area contributed by atoms with E-state index in [-0.39, 0.29) is 24.2 Å². The number of amides is 1. The number of ether oxygens (including phenoxy) is 1. The van der Waals surface area contributed by atoms with Crippen LogP contribution in [0.5, 0.6) is 5.75 Å². The number of carbonyl (C=O) groups is 2. The van der Waals surface area contributed by atoms with Crippen LogP contribution in [0.25, 0.3) is 0 Å². The van der Waals surface area contributed by atoms with E-state index in [1.165, 1.54) is 0 Å². The first kappa shape index (κ1) is 19.2. The molecule has 0 heterocycles. The Kier molecular flexibility index (Phi) is 5.64. The van der Waals surface area contributed by atoms with Crippen molar-refractivity contribution in [2.45, 2.75) is 52.9 Å². The lowest BCUT2D eigenvalue weighted by molar-refractivity contribution is -0.118. The number of rotatable bonds is 6. The number of hydrogen-bond donors (Lipinski definition) is 1. The molecule has 1 amide bonds. The Morgan fingerprint density at radius 2 is 1.81 bits per heavy atom. The van der Waals surface area contributed by atoms with Crippen molar-refractivity contribution in [2.75, 3.05) is 11.9 Å². The van der Waals surface area contributed by atoms with Crippen molar-refractivity contribution in [3.63, 3.8) is 0 Å². The van der Waals surface area contributed by atoms with Crippen molar-refractivity contribution >= 4 is 17.4 Å². The lowest BCUT2D eigenvalue weighted by Crippen LogP contribution is -2.22. The first-order valence-electron chi connectivity index (χ1n) is 9.66. The third kappa shape index (κ3) is 3.75. The van der Waals surface area contributed by atoms with Gasteiger partial charge in [-0.3, -0.25) is 9.59 Å². The van der Waals surface area contributed by atoms with Gasteiger partial charge in [0.2, 0.25) is 0 Å². The minimum absolute atomic E-state index is 0.0983. The van der Waals surface area contributed by atoms with Crippen LogP contribution < -0.4 is 10.1 Å². The summed E-state index contributed by atoms with van der Waals surface area (Å²) in [6.45, 7) is 8.10. The number of anilines is 1. The molecule has 1 aliphatic carbocycles. The fourth-order valence-corrected chi connectivity index (χ4v) is 3.95. The number of aryl methyl sites for hydroxylation is 3. The molecule has 1 atom stereocenters. The molecular formula is C23H27NO3. The molecule has 4 nitrogen and oxygen atoms in total. The molecule has 142 valence electrons. The number of Topliss-reactive ketones (excluding diaryl/α,β-unsaturated/α-hetero) is 1. The Morgan fingerprint density at radius 3 is 2.44 bits per heavy atom. The van der Waals surface area contributed by atoms with Gasteiger partial charge in [-0.2, -0.15) is 0 Å². The SMILES string of the molecule is CCc1cccc(CC)c1NC(=O)COc1ccc(C)c2c1C(=O)C[C@@H]2C. The second-order valence-corrected chi connectivity index (χ2v) is 7.19. The third-order valence-electron chi connectivity index (χ3n) is 5.31. The predicted molar refractivity (Wildman–Crippen MR) is 108 cm³/mol. The zero-order valence-corrected chi connectivity index (χ0v) is 16.5. The predicted octanol–water partition coefficient (Wildman–Crippen LogP) is 4.83. The van der Waals surface area contributed by atoms with Crippen LogP contribution in [-0.4, -0.2) is 18.3 Å². The maximum atomic E-state index is 12.5. The first-order chi connectivity index (χ1) is 13.0. The van der Waals surface area contributed by atoms with Crippen LogP contribution in [0.1, 0.15) is 65.7 Å². The zero-order chi connectivity index (χ0) is 19.6. The molecule has 1 aliphatic rings. The van der Waals surface area contributed by atoms with E-state index in [0.717, 1.165) is 40.8 Å². The first-order valence-corrected chi connectivity index (χ1v) is 9.66. The Bertz CT molecular complexity index is 863. The highest BCUT2D eigenvalue weighted by molar-refractivity contribution is 6.04. The molecule has 0 aliphatic heterocycles. The molecule has 2 aromatic carbocycles. The van der Waals surface area contributed by atoms with Crippen molar-refractivity contribution in [1.29, 1.82) is 0 Å². The summed E-state index contributed by atoms with van der Waals surface area (Å²) in [5.41, 5.74) is 5.92. The Morgan fingerprint density at radius 1 is 1.15 bits per heavy atom. The summed E-state index contributed by atoms with van der Waals surface area (Å²) in [6, 6.07) is 9.84. The highest BCUT2D eigenvalue weighted by atomic mass is 16.5. The molecule has 0 radical (unpaired) electrons. The normalized spacial score (nSPS) is 15.6. The highest BCUT2D eigenvalue weighted by Gasteiger charge is 2.31. The zero-order valence-electron chi connectivity index (χ0n) is 16.5. The molecule has 3 rings (SSSR count). The smallest absolute Gasteiger partial charge is 0.262 e. The van der Waals surface area contributed by atoms with Gasteiger partial charge >= 0.3 is 0 Å². The van der Waals surface area contributed by atoms with Gasteiger partial charge in [0.15, 0.2) is 12.4 Å². The van der Waals surface area contributed by atoms with Gasteiger partial charge in [0.05, 0.1) is 5.56 Å². The summed E-state index contributed by atoms with van der Waals surface area (Å²) in [4.78, 5) is 24.9. The maximum absolute atomic E-state index is 12.5. The molecule has 0 bridgehead atoms. The van der Waals surface area contributed by atoms with Gasteiger partial charge in [0.1, 0.15) is 5.75 Å². The summed E-state index contributed by atoms with van der Waals surface area (Å²) in [5, 5.41) is 3.00. The van der Waals surface area contributed by atoms with Crippen molar-refractivity contribution in [2.24, 2.45) is 0 Å². The maximum Gasteiger partial charge on any atom is 0.262 e. The molecule has 0 saturated carbocycles. The topological polar surface area (TPSA) is 55.4 Å². The molecule has 0 fully saturated rings. The van der Waals surface area contributed by atoms with Crippen LogP contribution in [0.4, 0.5) is 5.69 Å². The van der Waals surface area contributed by atoms with E-state index >= 15 is 0 Å². The molecule has 1 N–H and O–H groups in total. The van der Waals surface area contributed by atoms with Crippen molar-refractivity contribution in [3.8, 4) is 5.75 Å². The van der Waals surface area contributed by atoms with Crippen LogP contribution in [0, 0.1) is 6.92 Å². The third-order valence-corrected chi connectivity index (χ3v) is 5.31. The van der Waals surface area contributed by atoms with Crippen molar-refractivity contribution in [1.82, 2.24) is 0 Å². The number of nitrogens with one attached hydrogen (secondary N) is 1. The average Bonchev–Trinajstić information content (AvgIpc) is 2.96. The number of ketones is 1. The van der Waals surface area contributed by atoms with E-state index in [1.54, 1.807) is 6.07 Å². The lowest BCUT2D eigenvalue weighted by atomic mass is 9.97. The number of carbonyl (C=O) groups excluding carboxylic acids is 2. The van der Waals surface area contributed by atoms with E-state index in [9.17, 15) is 9.59 Å². The van der Waals surface area contributed by atoms with Gasteiger partial charge in [-0.25, -0.2) is 0 Å². The van der Waals surface area contributed by atoms with Gasteiger partial charge in [0.25, 0.3) is 5.91 Å². The van der Waals surface area contributed by atoms with Crippen LogP contribution in [0.15, 0.2) is 30.3 Å². The van der Waals surface area contributed by atoms with Gasteiger partial charge in [-0.1, -0.05) is 45.0 Å². The van der Waals surface area contributed by atoms with E-state index in [4.69, 9.17) is 4.74 Å².